The van der Waals surface area contributed by atoms with Gasteiger partial charge in [0.15, 0.2) is 5.16 Å². The van der Waals surface area contributed by atoms with E-state index in [9.17, 15) is 9.59 Å². The van der Waals surface area contributed by atoms with Crippen LogP contribution < -0.4 is 5.56 Å². The van der Waals surface area contributed by atoms with E-state index in [-0.39, 0.29) is 11.5 Å². The number of amides is 1. The van der Waals surface area contributed by atoms with Crippen molar-refractivity contribution < 1.29 is 4.79 Å². The van der Waals surface area contributed by atoms with Crippen molar-refractivity contribution in [3.05, 3.63) is 51.1 Å². The molecule has 0 unspecified atom stereocenters. The minimum absolute atomic E-state index is 0.00767. The molecule has 0 atom stereocenters. The van der Waals surface area contributed by atoms with E-state index in [0.29, 0.717) is 10.9 Å². The molecular weight excluding hydrogens is 390 g/mol. The molecule has 1 aliphatic carbocycles. The van der Waals surface area contributed by atoms with Crippen LogP contribution in [0.2, 0.25) is 0 Å². The second-order valence-electron chi connectivity index (χ2n) is 7.28. The van der Waals surface area contributed by atoms with Gasteiger partial charge >= 0.3 is 0 Å². The van der Waals surface area contributed by atoms with Gasteiger partial charge in [-0.05, 0) is 49.8 Å². The third-order valence-electron chi connectivity index (χ3n) is 5.51. The molecule has 0 bridgehead atoms. The van der Waals surface area contributed by atoms with Gasteiger partial charge in [-0.15, -0.1) is 11.3 Å². The highest BCUT2D eigenvalue weighted by Crippen LogP contribution is 2.36. The first-order valence-corrected chi connectivity index (χ1v) is 11.6. The molecule has 0 spiro atoms. The molecule has 2 aromatic heterocycles. The predicted octanol–water partition coefficient (Wildman–Crippen LogP) is 3.65. The molecular formula is C21H21N3O2S2. The number of carbonyl (C=O) groups is 1. The van der Waals surface area contributed by atoms with Gasteiger partial charge in [-0.1, -0.05) is 30.0 Å². The van der Waals surface area contributed by atoms with Crippen molar-refractivity contribution in [2.75, 3.05) is 18.8 Å². The smallest absolute Gasteiger partial charge is 0.267 e. The molecule has 5 nitrogen and oxygen atoms in total. The number of aryl methyl sites for hydroxylation is 2. The Morgan fingerprint density at radius 1 is 1.11 bits per heavy atom. The minimum atomic E-state index is -0.00767. The number of carbonyl (C=O) groups excluding carboxylic acids is 1. The van der Waals surface area contributed by atoms with Crippen LogP contribution in [0.5, 0.6) is 0 Å². The average molecular weight is 412 g/mol. The number of hydrogen-bond donors (Lipinski definition) is 0. The Labute approximate surface area is 171 Å². The molecule has 7 heteroatoms. The standard InChI is InChI=1S/C21H21N3O2S2/c25-17(23-11-4-5-12-23)13-27-21-22-19-18(15-9-6-10-16(15)28-19)20(26)24(21)14-7-2-1-3-8-14/h1-3,7-8H,4-6,9-13H2. The van der Waals surface area contributed by atoms with E-state index < -0.39 is 0 Å². The van der Waals surface area contributed by atoms with Crippen LogP contribution in [0.1, 0.15) is 29.7 Å². The number of thiophene rings is 1. The highest BCUT2D eigenvalue weighted by molar-refractivity contribution is 7.99. The van der Waals surface area contributed by atoms with E-state index >= 15 is 0 Å². The van der Waals surface area contributed by atoms with E-state index in [0.717, 1.165) is 61.1 Å². The first-order valence-electron chi connectivity index (χ1n) is 9.75. The Morgan fingerprint density at radius 3 is 2.68 bits per heavy atom. The fourth-order valence-corrected chi connectivity index (χ4v) is 6.33. The Balaban J connectivity index is 1.58. The molecule has 1 fully saturated rings. The lowest BCUT2D eigenvalue weighted by molar-refractivity contribution is -0.127. The summed E-state index contributed by atoms with van der Waals surface area (Å²) in [6.45, 7) is 1.68. The molecule has 3 heterocycles. The van der Waals surface area contributed by atoms with Crippen molar-refractivity contribution in [3.63, 3.8) is 0 Å². The molecule has 144 valence electrons. The van der Waals surface area contributed by atoms with Crippen molar-refractivity contribution in [2.45, 2.75) is 37.3 Å². The molecule has 0 saturated carbocycles. The molecule has 1 amide bonds. The molecule has 28 heavy (non-hydrogen) atoms. The third kappa shape index (κ3) is 3.06. The van der Waals surface area contributed by atoms with Crippen LogP contribution >= 0.6 is 23.1 Å². The Kier molecular flexibility index (Phi) is 4.72. The van der Waals surface area contributed by atoms with Crippen LogP contribution in [0, 0.1) is 0 Å². The first-order chi connectivity index (χ1) is 13.7. The number of para-hydroxylation sites is 1. The lowest BCUT2D eigenvalue weighted by atomic mass is 10.2. The molecule has 3 aromatic rings. The highest BCUT2D eigenvalue weighted by atomic mass is 32.2. The van der Waals surface area contributed by atoms with Gasteiger partial charge in [0, 0.05) is 18.0 Å². The molecule has 1 saturated heterocycles. The number of fused-ring (bicyclic) bond motifs is 3. The molecule has 1 aliphatic heterocycles. The number of hydrogen-bond acceptors (Lipinski definition) is 5. The van der Waals surface area contributed by atoms with E-state index in [1.807, 2.05) is 35.2 Å². The van der Waals surface area contributed by atoms with Crippen molar-refractivity contribution in [1.29, 1.82) is 0 Å². The molecule has 2 aliphatic rings. The van der Waals surface area contributed by atoms with Crippen LogP contribution in [0.25, 0.3) is 15.9 Å². The summed E-state index contributed by atoms with van der Waals surface area (Å²) in [4.78, 5) is 34.9. The quantitative estimate of drug-likeness (QED) is 0.486. The van der Waals surface area contributed by atoms with Crippen LogP contribution in [-0.4, -0.2) is 39.2 Å². The summed E-state index contributed by atoms with van der Waals surface area (Å²) < 4.78 is 1.69. The number of benzene rings is 1. The molecule has 0 radical (unpaired) electrons. The maximum Gasteiger partial charge on any atom is 0.267 e. The van der Waals surface area contributed by atoms with Gasteiger partial charge in [0.05, 0.1) is 16.8 Å². The summed E-state index contributed by atoms with van der Waals surface area (Å²) in [6, 6.07) is 9.63. The zero-order chi connectivity index (χ0) is 19.1. The van der Waals surface area contributed by atoms with Crippen LogP contribution in [0.4, 0.5) is 0 Å². The van der Waals surface area contributed by atoms with E-state index in [1.54, 1.807) is 15.9 Å². The maximum absolute atomic E-state index is 13.5. The molecule has 5 rings (SSSR count). The van der Waals surface area contributed by atoms with Gasteiger partial charge in [0.25, 0.3) is 5.56 Å². The minimum Gasteiger partial charge on any atom is -0.342 e. The van der Waals surface area contributed by atoms with Gasteiger partial charge in [-0.2, -0.15) is 0 Å². The lowest BCUT2D eigenvalue weighted by Crippen LogP contribution is -2.29. The van der Waals surface area contributed by atoms with Gasteiger partial charge in [-0.25, -0.2) is 4.98 Å². The van der Waals surface area contributed by atoms with Crippen LogP contribution in [0.3, 0.4) is 0 Å². The number of rotatable bonds is 4. The van der Waals surface area contributed by atoms with Gasteiger partial charge in [-0.3, -0.25) is 14.2 Å². The summed E-state index contributed by atoms with van der Waals surface area (Å²) in [6.07, 6.45) is 5.27. The average Bonchev–Trinajstić information content (AvgIpc) is 3.44. The van der Waals surface area contributed by atoms with E-state index in [2.05, 4.69) is 0 Å². The summed E-state index contributed by atoms with van der Waals surface area (Å²) in [5, 5.41) is 1.38. The zero-order valence-corrected chi connectivity index (χ0v) is 17.2. The summed E-state index contributed by atoms with van der Waals surface area (Å²) in [5.41, 5.74) is 1.98. The summed E-state index contributed by atoms with van der Waals surface area (Å²) >= 11 is 3.02. The number of aromatic nitrogens is 2. The molecule has 1 aromatic carbocycles. The van der Waals surface area contributed by atoms with Crippen molar-refractivity contribution in [2.24, 2.45) is 0 Å². The third-order valence-corrected chi connectivity index (χ3v) is 7.62. The first kappa shape index (κ1) is 17.9. The van der Waals surface area contributed by atoms with Gasteiger partial charge < -0.3 is 4.90 Å². The summed E-state index contributed by atoms with van der Waals surface area (Å²) in [7, 11) is 0. The SMILES string of the molecule is O=C(CSc1nc2sc3c(c2c(=O)n1-c1ccccc1)CCC3)N1CCCC1. The Morgan fingerprint density at radius 2 is 1.89 bits per heavy atom. The van der Waals surface area contributed by atoms with Crippen molar-refractivity contribution in [1.82, 2.24) is 14.5 Å². The van der Waals surface area contributed by atoms with Crippen LogP contribution in [0.15, 0.2) is 40.3 Å². The fourth-order valence-electron chi connectivity index (χ4n) is 4.11. The van der Waals surface area contributed by atoms with Crippen molar-refractivity contribution >= 4 is 39.2 Å². The van der Waals surface area contributed by atoms with E-state index in [4.69, 9.17) is 4.98 Å². The highest BCUT2D eigenvalue weighted by Gasteiger charge is 2.25. The second-order valence-corrected chi connectivity index (χ2v) is 9.31. The zero-order valence-electron chi connectivity index (χ0n) is 15.5. The van der Waals surface area contributed by atoms with Crippen LogP contribution in [-0.2, 0) is 17.6 Å². The largest absolute Gasteiger partial charge is 0.342 e. The second kappa shape index (κ2) is 7.37. The maximum atomic E-state index is 13.5. The lowest BCUT2D eigenvalue weighted by Gasteiger charge is -2.16. The number of thioether (sulfide) groups is 1. The Hall–Kier alpha value is -2.12. The normalized spacial score (nSPS) is 16.1. The Bertz CT molecular complexity index is 1100. The van der Waals surface area contributed by atoms with Crippen molar-refractivity contribution in [3.8, 4) is 5.69 Å². The summed E-state index contributed by atoms with van der Waals surface area (Å²) in [5.74, 6) is 0.445. The molecule has 0 N–H and O–H groups in total. The van der Waals surface area contributed by atoms with Gasteiger partial charge in [0.2, 0.25) is 5.91 Å². The van der Waals surface area contributed by atoms with Gasteiger partial charge in [0.1, 0.15) is 4.83 Å². The monoisotopic (exact) mass is 411 g/mol. The number of likely N-dealkylation sites (tertiary alicyclic amines) is 1. The number of nitrogens with zero attached hydrogens (tertiary/aromatic N) is 3. The topological polar surface area (TPSA) is 55.2 Å². The predicted molar refractivity (Wildman–Crippen MR) is 114 cm³/mol. The van der Waals surface area contributed by atoms with E-state index in [1.165, 1.54) is 22.2 Å². The fraction of sp³-hybridized carbons (Fsp3) is 0.381.